The van der Waals surface area contributed by atoms with Crippen molar-refractivity contribution in [2.45, 2.75) is 47.3 Å². The van der Waals surface area contributed by atoms with Crippen LogP contribution in [0.3, 0.4) is 0 Å². The highest BCUT2D eigenvalue weighted by Crippen LogP contribution is 2.15. The number of carbonyl (C=O) groups is 1. The number of nitrogens with one attached hydrogen (secondary N) is 1. The van der Waals surface area contributed by atoms with E-state index in [0.29, 0.717) is 24.1 Å². The van der Waals surface area contributed by atoms with Gasteiger partial charge in [0.1, 0.15) is 12.2 Å². The molecular weight excluding hydrogens is 344 g/mol. The van der Waals surface area contributed by atoms with Gasteiger partial charge in [-0.05, 0) is 57.0 Å². The normalized spacial score (nSPS) is 11.1. The highest BCUT2D eigenvalue weighted by Gasteiger charge is 2.16. The molecule has 7 heteroatoms. The van der Waals surface area contributed by atoms with Crippen molar-refractivity contribution >= 4 is 22.6 Å². The minimum Gasteiger partial charge on any atom is -0.325 e. The van der Waals surface area contributed by atoms with Crippen LogP contribution < -0.4 is 16.6 Å². The molecule has 0 aliphatic rings. The first-order valence-electron chi connectivity index (χ1n) is 9.06. The third-order valence-electron chi connectivity index (χ3n) is 4.58. The second kappa shape index (κ2) is 7.26. The first kappa shape index (κ1) is 18.7. The van der Waals surface area contributed by atoms with E-state index in [-0.39, 0.29) is 23.7 Å². The summed E-state index contributed by atoms with van der Waals surface area (Å²) >= 11 is 0. The molecule has 1 amide bonds. The van der Waals surface area contributed by atoms with Gasteiger partial charge in [0.25, 0.3) is 5.56 Å². The van der Waals surface area contributed by atoms with Gasteiger partial charge in [0.2, 0.25) is 5.91 Å². The van der Waals surface area contributed by atoms with Crippen molar-refractivity contribution in [1.29, 1.82) is 0 Å². The molecule has 7 nitrogen and oxygen atoms in total. The Morgan fingerprint density at radius 1 is 1.00 bits per heavy atom. The molecule has 1 aromatic carbocycles. The van der Waals surface area contributed by atoms with Gasteiger partial charge in [0.15, 0.2) is 0 Å². The zero-order chi connectivity index (χ0) is 19.7. The van der Waals surface area contributed by atoms with Crippen molar-refractivity contribution in [2.24, 2.45) is 0 Å². The molecular formula is C20H24N4O3. The molecule has 3 rings (SSSR count). The number of hydrogen-bond acceptors (Lipinski definition) is 3. The van der Waals surface area contributed by atoms with E-state index in [9.17, 15) is 14.4 Å². The molecule has 0 unspecified atom stereocenters. The lowest BCUT2D eigenvalue weighted by molar-refractivity contribution is -0.116. The number of anilines is 1. The number of benzene rings is 1. The third-order valence-corrected chi connectivity index (χ3v) is 4.58. The van der Waals surface area contributed by atoms with Crippen LogP contribution in [-0.4, -0.2) is 19.6 Å². The summed E-state index contributed by atoms with van der Waals surface area (Å²) in [5.74, 6) is -0.215. The Labute approximate surface area is 156 Å². The monoisotopic (exact) mass is 368 g/mol. The van der Waals surface area contributed by atoms with Gasteiger partial charge in [0, 0.05) is 25.0 Å². The van der Waals surface area contributed by atoms with Crippen LogP contribution in [0, 0.1) is 13.8 Å². The van der Waals surface area contributed by atoms with Crippen molar-refractivity contribution in [3.05, 3.63) is 62.4 Å². The number of aryl methyl sites for hydroxylation is 3. The fourth-order valence-electron chi connectivity index (χ4n) is 3.49. The minimum absolute atomic E-state index is 0.0194. The summed E-state index contributed by atoms with van der Waals surface area (Å²) in [6.07, 6.45) is 1.68. The minimum atomic E-state index is -0.354. The zero-order valence-electron chi connectivity index (χ0n) is 16.1. The van der Waals surface area contributed by atoms with Crippen LogP contribution >= 0.6 is 0 Å². The second-order valence-electron chi connectivity index (χ2n) is 6.68. The third kappa shape index (κ3) is 3.45. The van der Waals surface area contributed by atoms with Crippen molar-refractivity contribution in [3.8, 4) is 0 Å². The van der Waals surface area contributed by atoms with Gasteiger partial charge in [0.05, 0.1) is 5.39 Å². The molecule has 0 bridgehead atoms. The van der Waals surface area contributed by atoms with E-state index < -0.39 is 0 Å². The SMILES string of the molecule is CCn1c(=O)c2ccn(CC(=O)Nc3cc(C)cc(C)c3)c2n(CC)c1=O. The Hall–Kier alpha value is -3.09. The van der Waals surface area contributed by atoms with Gasteiger partial charge >= 0.3 is 5.69 Å². The molecule has 3 aromatic rings. The Morgan fingerprint density at radius 3 is 2.22 bits per heavy atom. The fraction of sp³-hybridized carbons (Fsp3) is 0.350. The lowest BCUT2D eigenvalue weighted by Crippen LogP contribution is -2.39. The van der Waals surface area contributed by atoms with E-state index >= 15 is 0 Å². The average Bonchev–Trinajstić information content (AvgIpc) is 2.98. The van der Waals surface area contributed by atoms with Crippen LogP contribution in [0.5, 0.6) is 0 Å². The Kier molecular flexibility index (Phi) is 5.03. The summed E-state index contributed by atoms with van der Waals surface area (Å²) in [5, 5.41) is 3.33. The molecule has 2 heterocycles. The molecule has 0 radical (unpaired) electrons. The maximum atomic E-state index is 12.6. The highest BCUT2D eigenvalue weighted by atomic mass is 16.2. The Morgan fingerprint density at radius 2 is 1.63 bits per heavy atom. The van der Waals surface area contributed by atoms with Crippen LogP contribution in [0.15, 0.2) is 40.1 Å². The maximum Gasteiger partial charge on any atom is 0.332 e. The van der Waals surface area contributed by atoms with Crippen molar-refractivity contribution in [2.75, 3.05) is 5.32 Å². The quantitative estimate of drug-likeness (QED) is 0.750. The van der Waals surface area contributed by atoms with Crippen LogP contribution in [0.1, 0.15) is 25.0 Å². The van der Waals surface area contributed by atoms with Crippen LogP contribution in [0.4, 0.5) is 5.69 Å². The molecule has 0 atom stereocenters. The first-order chi connectivity index (χ1) is 12.8. The van der Waals surface area contributed by atoms with E-state index in [1.807, 2.05) is 39.0 Å². The van der Waals surface area contributed by atoms with Crippen LogP contribution in [-0.2, 0) is 24.4 Å². The number of aromatic nitrogens is 3. The standard InChI is InChI=1S/C20H24N4O3/c1-5-23-18-16(19(26)24(6-2)20(23)27)7-8-22(18)12-17(25)21-15-10-13(3)9-14(4)11-15/h7-11H,5-6,12H2,1-4H3,(H,21,25). The molecule has 1 N–H and O–H groups in total. The summed E-state index contributed by atoms with van der Waals surface area (Å²) in [5.41, 5.74) is 2.67. The van der Waals surface area contributed by atoms with E-state index in [4.69, 9.17) is 0 Å². The molecule has 2 aromatic heterocycles. The van der Waals surface area contributed by atoms with Crippen LogP contribution in [0.25, 0.3) is 11.0 Å². The van der Waals surface area contributed by atoms with Gasteiger partial charge in [-0.2, -0.15) is 0 Å². The number of amides is 1. The number of fused-ring (bicyclic) bond motifs is 1. The number of nitrogens with zero attached hydrogens (tertiary/aromatic N) is 3. The van der Waals surface area contributed by atoms with Gasteiger partial charge < -0.3 is 9.88 Å². The van der Waals surface area contributed by atoms with E-state index in [2.05, 4.69) is 5.32 Å². The molecule has 0 saturated heterocycles. The van der Waals surface area contributed by atoms with Crippen LogP contribution in [0.2, 0.25) is 0 Å². The fourth-order valence-corrected chi connectivity index (χ4v) is 3.49. The topological polar surface area (TPSA) is 78.0 Å². The second-order valence-corrected chi connectivity index (χ2v) is 6.68. The molecule has 142 valence electrons. The molecule has 0 saturated carbocycles. The molecule has 0 fully saturated rings. The predicted octanol–water partition coefficient (Wildman–Crippen LogP) is 2.26. The summed E-state index contributed by atoms with van der Waals surface area (Å²) in [6, 6.07) is 7.51. The van der Waals surface area contributed by atoms with Gasteiger partial charge in [-0.3, -0.25) is 18.7 Å². The maximum absolute atomic E-state index is 12.6. The molecule has 27 heavy (non-hydrogen) atoms. The zero-order valence-corrected chi connectivity index (χ0v) is 16.1. The van der Waals surface area contributed by atoms with E-state index in [0.717, 1.165) is 16.8 Å². The van der Waals surface area contributed by atoms with Gasteiger partial charge in [-0.25, -0.2) is 4.79 Å². The number of rotatable bonds is 5. The number of carbonyl (C=O) groups excluding carboxylic acids is 1. The smallest absolute Gasteiger partial charge is 0.325 e. The van der Waals surface area contributed by atoms with Crippen molar-refractivity contribution in [1.82, 2.24) is 13.7 Å². The van der Waals surface area contributed by atoms with E-state index in [1.54, 1.807) is 23.8 Å². The highest BCUT2D eigenvalue weighted by molar-refractivity contribution is 5.91. The summed E-state index contributed by atoms with van der Waals surface area (Å²) in [6.45, 7) is 8.30. The summed E-state index contributed by atoms with van der Waals surface area (Å²) < 4.78 is 4.40. The predicted molar refractivity (Wildman–Crippen MR) is 106 cm³/mol. The van der Waals surface area contributed by atoms with Crippen molar-refractivity contribution in [3.63, 3.8) is 0 Å². The number of hydrogen-bond donors (Lipinski definition) is 1. The van der Waals surface area contributed by atoms with Gasteiger partial charge in [-0.15, -0.1) is 0 Å². The summed E-state index contributed by atoms with van der Waals surface area (Å²) in [4.78, 5) is 37.7. The average molecular weight is 368 g/mol. The summed E-state index contributed by atoms with van der Waals surface area (Å²) in [7, 11) is 0. The Balaban J connectivity index is 1.99. The largest absolute Gasteiger partial charge is 0.332 e. The van der Waals surface area contributed by atoms with Crippen molar-refractivity contribution < 1.29 is 4.79 Å². The Bertz CT molecular complexity index is 1110. The lowest BCUT2D eigenvalue weighted by atomic mass is 10.1. The van der Waals surface area contributed by atoms with E-state index in [1.165, 1.54) is 9.13 Å². The molecule has 0 aliphatic carbocycles. The first-order valence-corrected chi connectivity index (χ1v) is 9.06. The molecule has 0 spiro atoms. The van der Waals surface area contributed by atoms with Gasteiger partial charge in [-0.1, -0.05) is 6.07 Å². The molecule has 0 aliphatic heterocycles. The lowest BCUT2D eigenvalue weighted by Gasteiger charge is -2.13.